The first-order valence-corrected chi connectivity index (χ1v) is 12.3. The third-order valence-corrected chi connectivity index (χ3v) is 5.40. The molecule has 16 heteroatoms. The summed E-state index contributed by atoms with van der Waals surface area (Å²) >= 11 is 5.24. The molecule has 9 nitrogen and oxygen atoms in total. The highest BCUT2D eigenvalue weighted by Gasteiger charge is 2.33. The van der Waals surface area contributed by atoms with E-state index in [4.69, 9.17) is 11.6 Å². The molecule has 6 aromatic heterocycles. The Morgan fingerprint density at radius 2 is 1.33 bits per heavy atom. The Morgan fingerprint density at radius 3 is 1.86 bits per heavy atom. The van der Waals surface area contributed by atoms with Crippen molar-refractivity contribution in [2.45, 2.75) is 12.4 Å². The molecule has 0 atom stereocenters. The summed E-state index contributed by atoms with van der Waals surface area (Å²) in [6.07, 6.45) is 2.35. The van der Waals surface area contributed by atoms with Gasteiger partial charge in [-0.2, -0.15) is 31.4 Å². The minimum absolute atomic E-state index is 0.153. The van der Waals surface area contributed by atoms with Crippen molar-refractivity contribution < 1.29 is 26.3 Å². The molecule has 0 bridgehead atoms. The molecule has 0 saturated carbocycles. The van der Waals surface area contributed by atoms with Crippen molar-refractivity contribution in [3.8, 4) is 28.5 Å². The highest BCUT2D eigenvalue weighted by atomic mass is 35.5. The van der Waals surface area contributed by atoms with E-state index >= 15 is 0 Å². The Labute approximate surface area is 244 Å². The first kappa shape index (κ1) is 30.8. The lowest BCUT2D eigenvalue weighted by Gasteiger charge is -2.07. The van der Waals surface area contributed by atoms with Crippen LogP contribution in [0.5, 0.6) is 0 Å². The van der Waals surface area contributed by atoms with Crippen LogP contribution >= 0.6 is 11.6 Å². The van der Waals surface area contributed by atoms with E-state index in [1.165, 1.54) is 41.5 Å². The Hall–Kier alpha value is -5.18. The molecular weight excluding hydrogens is 600 g/mol. The zero-order chi connectivity index (χ0) is 30.9. The molecule has 0 aliphatic carbocycles. The number of nitrogens with one attached hydrogen (secondary N) is 1. The van der Waals surface area contributed by atoms with Crippen LogP contribution in [0, 0.1) is 0 Å². The van der Waals surface area contributed by atoms with Crippen molar-refractivity contribution in [2.24, 2.45) is 0 Å². The molecule has 0 spiro atoms. The zero-order valence-corrected chi connectivity index (χ0v) is 22.3. The first-order chi connectivity index (χ1) is 20.5. The number of rotatable bonds is 3. The summed E-state index contributed by atoms with van der Waals surface area (Å²) in [5.74, 6) is 0.908. The summed E-state index contributed by atoms with van der Waals surface area (Å²) in [6.45, 7) is 0. The minimum Gasteiger partial charge on any atom is -0.290 e. The van der Waals surface area contributed by atoms with Crippen LogP contribution in [-0.2, 0) is 12.4 Å². The fraction of sp³-hybridized carbons (Fsp3) is 0.0741. The second-order valence-electron chi connectivity index (χ2n) is 8.21. The number of alkyl halides is 6. The molecule has 6 aromatic rings. The van der Waals surface area contributed by atoms with E-state index in [1.807, 2.05) is 18.2 Å². The second kappa shape index (κ2) is 13.7. The third-order valence-electron chi connectivity index (χ3n) is 5.18. The lowest BCUT2D eigenvalue weighted by Crippen LogP contribution is -2.09. The summed E-state index contributed by atoms with van der Waals surface area (Å²) in [7, 11) is 0. The highest BCUT2D eigenvalue weighted by Crippen LogP contribution is 2.29. The standard InChI is InChI=1S/C14H9F3N4.C7H6N4.C6H3ClF3N/c15-14(16,17)12-4-1-5-13(20-12)21-8-11(19-9-21)10-3-2-6-18-7-10;1-2-6(4-8-3-1)7-9-5-10-11-7;7-5-3-1-2-4(11-5)6(8,9)10/h1-9H;1-5H,(H,9,10,11);1-3H. The highest BCUT2D eigenvalue weighted by molar-refractivity contribution is 6.29. The summed E-state index contributed by atoms with van der Waals surface area (Å²) < 4.78 is 75.0. The minimum atomic E-state index is -4.47. The van der Waals surface area contributed by atoms with Gasteiger partial charge in [-0.05, 0) is 48.5 Å². The molecule has 0 aromatic carbocycles. The molecule has 220 valence electrons. The van der Waals surface area contributed by atoms with Gasteiger partial charge in [-0.1, -0.05) is 23.7 Å². The van der Waals surface area contributed by atoms with Gasteiger partial charge in [-0.25, -0.2) is 19.9 Å². The molecule has 0 fully saturated rings. The predicted octanol–water partition coefficient (Wildman–Crippen LogP) is 6.97. The van der Waals surface area contributed by atoms with Gasteiger partial charge in [0.15, 0.2) is 5.82 Å². The molecule has 0 radical (unpaired) electrons. The van der Waals surface area contributed by atoms with Crippen molar-refractivity contribution in [3.05, 3.63) is 121 Å². The van der Waals surface area contributed by atoms with Gasteiger partial charge in [0.1, 0.15) is 35.0 Å². The van der Waals surface area contributed by atoms with Crippen LogP contribution in [0.4, 0.5) is 26.3 Å². The second-order valence-corrected chi connectivity index (χ2v) is 8.59. The van der Waals surface area contributed by atoms with Crippen molar-refractivity contribution >= 4 is 11.6 Å². The SMILES string of the molecule is FC(F)(F)c1cccc(-n2cnc(-c3cccnc3)c2)n1.FC(F)(F)c1cccc(Cl)n1.c1cncc(-c2ncn[nH]2)c1. The van der Waals surface area contributed by atoms with Gasteiger partial charge in [0.2, 0.25) is 0 Å². The number of H-pyrrole nitrogens is 1. The molecule has 0 saturated heterocycles. The molecule has 0 amide bonds. The van der Waals surface area contributed by atoms with Crippen LogP contribution in [0.25, 0.3) is 28.5 Å². The third kappa shape index (κ3) is 8.90. The first-order valence-electron chi connectivity index (χ1n) is 12.0. The van der Waals surface area contributed by atoms with E-state index < -0.39 is 23.7 Å². The van der Waals surface area contributed by atoms with E-state index in [-0.39, 0.29) is 11.0 Å². The maximum absolute atomic E-state index is 12.7. The van der Waals surface area contributed by atoms with Crippen LogP contribution < -0.4 is 0 Å². The van der Waals surface area contributed by atoms with Gasteiger partial charge in [0.25, 0.3) is 0 Å². The number of aromatic nitrogens is 9. The van der Waals surface area contributed by atoms with Crippen LogP contribution in [-0.4, -0.2) is 44.7 Å². The summed E-state index contributed by atoms with van der Waals surface area (Å²) in [5, 5.41) is 6.33. The number of halogens is 7. The van der Waals surface area contributed by atoms with Crippen LogP contribution in [0.3, 0.4) is 0 Å². The van der Waals surface area contributed by atoms with Gasteiger partial charge < -0.3 is 0 Å². The number of pyridine rings is 4. The molecule has 6 heterocycles. The van der Waals surface area contributed by atoms with Crippen LogP contribution in [0.15, 0.2) is 104 Å². The van der Waals surface area contributed by atoms with E-state index in [1.54, 1.807) is 37.1 Å². The van der Waals surface area contributed by atoms with Gasteiger partial charge >= 0.3 is 12.4 Å². The normalized spacial score (nSPS) is 11.1. The number of aromatic amines is 1. The van der Waals surface area contributed by atoms with Crippen LogP contribution in [0.2, 0.25) is 5.15 Å². The Morgan fingerprint density at radius 1 is 0.698 bits per heavy atom. The molecule has 0 unspecified atom stereocenters. The van der Waals surface area contributed by atoms with Crippen LogP contribution in [0.1, 0.15) is 11.4 Å². The number of hydrogen-bond acceptors (Lipinski definition) is 7. The maximum atomic E-state index is 12.7. The van der Waals surface area contributed by atoms with E-state index in [0.717, 1.165) is 29.1 Å². The predicted molar refractivity (Wildman–Crippen MR) is 143 cm³/mol. The Kier molecular flexibility index (Phi) is 9.77. The van der Waals surface area contributed by atoms with Gasteiger partial charge in [0, 0.05) is 42.1 Å². The smallest absolute Gasteiger partial charge is 0.290 e. The van der Waals surface area contributed by atoms with Crippen molar-refractivity contribution in [1.29, 1.82) is 0 Å². The van der Waals surface area contributed by atoms with Crippen molar-refractivity contribution in [3.63, 3.8) is 0 Å². The van der Waals surface area contributed by atoms with E-state index in [0.29, 0.717) is 5.69 Å². The van der Waals surface area contributed by atoms with Crippen molar-refractivity contribution in [1.82, 2.24) is 44.7 Å². The number of imidazole rings is 1. The fourth-order valence-electron chi connectivity index (χ4n) is 3.25. The summed E-state index contributed by atoms with van der Waals surface area (Å²) in [6, 6.07) is 14.5. The van der Waals surface area contributed by atoms with Crippen molar-refractivity contribution in [2.75, 3.05) is 0 Å². The molecule has 0 aliphatic rings. The average Bonchev–Trinajstić information content (AvgIpc) is 3.72. The average molecular weight is 618 g/mol. The molecule has 6 rings (SSSR count). The lowest BCUT2D eigenvalue weighted by atomic mass is 10.2. The van der Waals surface area contributed by atoms with Gasteiger partial charge in [-0.3, -0.25) is 19.6 Å². The molecule has 0 aliphatic heterocycles. The quantitative estimate of drug-likeness (QED) is 0.169. The maximum Gasteiger partial charge on any atom is 0.433 e. The van der Waals surface area contributed by atoms with Gasteiger partial charge in [0.05, 0.1) is 5.69 Å². The van der Waals surface area contributed by atoms with E-state index in [2.05, 4.69) is 40.1 Å². The zero-order valence-electron chi connectivity index (χ0n) is 21.5. The largest absolute Gasteiger partial charge is 0.433 e. The fourth-order valence-corrected chi connectivity index (χ4v) is 3.41. The molecular formula is C27H18ClF6N9. The molecule has 43 heavy (non-hydrogen) atoms. The lowest BCUT2D eigenvalue weighted by molar-refractivity contribution is -0.141. The summed E-state index contributed by atoms with van der Waals surface area (Å²) in [5.41, 5.74) is 0.442. The van der Waals surface area contributed by atoms with Gasteiger partial charge in [-0.15, -0.1) is 0 Å². The molecule has 1 N–H and O–H groups in total. The number of hydrogen-bond donors (Lipinski definition) is 1. The van der Waals surface area contributed by atoms with E-state index in [9.17, 15) is 26.3 Å². The monoisotopic (exact) mass is 617 g/mol. The Balaban J connectivity index is 0.000000162. The number of nitrogens with zero attached hydrogens (tertiary/aromatic N) is 8. The Bertz CT molecular complexity index is 1710. The topological polar surface area (TPSA) is 111 Å². The summed E-state index contributed by atoms with van der Waals surface area (Å²) in [4.78, 5) is 22.8.